The van der Waals surface area contributed by atoms with Crippen LogP contribution in [0, 0.1) is 0 Å². The van der Waals surface area contributed by atoms with Crippen molar-refractivity contribution in [3.05, 3.63) is 37.1 Å². The van der Waals surface area contributed by atoms with Crippen molar-refractivity contribution in [3.8, 4) is 0 Å². The second-order valence-corrected chi connectivity index (χ2v) is 6.91. The number of nitrogens with zero attached hydrogens (tertiary/aromatic N) is 6. The molecule has 5 heterocycles. The highest BCUT2D eigenvalue weighted by atomic mass is 15.3. The van der Waals surface area contributed by atoms with E-state index in [4.69, 9.17) is 10.7 Å². The average Bonchev–Trinajstić information content (AvgIpc) is 3.39. The summed E-state index contributed by atoms with van der Waals surface area (Å²) in [7, 11) is 0. The van der Waals surface area contributed by atoms with E-state index in [9.17, 15) is 0 Å². The van der Waals surface area contributed by atoms with Crippen LogP contribution in [0.15, 0.2) is 37.1 Å². The number of nitrogen functional groups attached to an aromatic ring is 1. The third kappa shape index (κ3) is 2.62. The maximum atomic E-state index is 5.63. The van der Waals surface area contributed by atoms with Gasteiger partial charge in [-0.3, -0.25) is 4.40 Å². The van der Waals surface area contributed by atoms with Gasteiger partial charge in [-0.25, -0.2) is 19.9 Å². The molecular weight excluding hydrogens is 342 g/mol. The number of anilines is 3. The molecule has 0 bridgehead atoms. The minimum absolute atomic E-state index is 0.267. The van der Waals surface area contributed by atoms with Crippen LogP contribution >= 0.6 is 0 Å². The van der Waals surface area contributed by atoms with Gasteiger partial charge in [-0.2, -0.15) is 0 Å². The number of nitrogens with one attached hydrogen (secondary N) is 2. The van der Waals surface area contributed by atoms with Gasteiger partial charge in [0.05, 0.1) is 35.8 Å². The Labute approximate surface area is 155 Å². The van der Waals surface area contributed by atoms with Crippen LogP contribution in [-0.4, -0.2) is 47.9 Å². The fraction of sp³-hybridized carbons (Fsp3) is 0.333. The lowest BCUT2D eigenvalue weighted by Crippen LogP contribution is -2.31. The van der Waals surface area contributed by atoms with E-state index in [1.54, 1.807) is 12.4 Å². The van der Waals surface area contributed by atoms with E-state index in [1.807, 2.05) is 24.7 Å². The van der Waals surface area contributed by atoms with Gasteiger partial charge in [-0.1, -0.05) is 6.92 Å². The maximum Gasteiger partial charge on any atom is 0.211 e. The Bertz CT molecular complexity index is 1080. The van der Waals surface area contributed by atoms with Crippen molar-refractivity contribution in [3.63, 3.8) is 0 Å². The van der Waals surface area contributed by atoms with E-state index >= 15 is 0 Å². The van der Waals surface area contributed by atoms with Gasteiger partial charge in [0.1, 0.15) is 11.6 Å². The van der Waals surface area contributed by atoms with Gasteiger partial charge < -0.3 is 20.9 Å². The summed E-state index contributed by atoms with van der Waals surface area (Å²) in [5.41, 5.74) is 8.52. The Morgan fingerprint density at radius 2 is 2.07 bits per heavy atom. The molecule has 0 aromatic carbocycles. The predicted molar refractivity (Wildman–Crippen MR) is 105 cm³/mol. The first kappa shape index (κ1) is 15.9. The van der Waals surface area contributed by atoms with Crippen molar-refractivity contribution in [2.24, 2.45) is 0 Å². The molecule has 2 atom stereocenters. The zero-order valence-electron chi connectivity index (χ0n) is 15.0. The van der Waals surface area contributed by atoms with Crippen molar-refractivity contribution in [1.82, 2.24) is 29.3 Å². The van der Waals surface area contributed by atoms with Crippen molar-refractivity contribution >= 4 is 34.3 Å². The molecule has 5 rings (SSSR count). The minimum Gasteiger partial charge on any atom is -0.382 e. The zero-order valence-corrected chi connectivity index (χ0v) is 15.0. The van der Waals surface area contributed by atoms with Crippen LogP contribution in [0.2, 0.25) is 0 Å². The van der Waals surface area contributed by atoms with Crippen LogP contribution in [-0.2, 0) is 0 Å². The normalized spacial score (nSPS) is 20.0. The van der Waals surface area contributed by atoms with E-state index in [1.165, 1.54) is 0 Å². The van der Waals surface area contributed by atoms with Gasteiger partial charge >= 0.3 is 0 Å². The lowest BCUT2D eigenvalue weighted by molar-refractivity contribution is 0.625. The number of imidazole rings is 1. The predicted octanol–water partition coefficient (Wildman–Crippen LogP) is 2.05. The molecule has 27 heavy (non-hydrogen) atoms. The zero-order chi connectivity index (χ0) is 18.4. The van der Waals surface area contributed by atoms with Crippen molar-refractivity contribution < 1.29 is 0 Å². The van der Waals surface area contributed by atoms with Crippen molar-refractivity contribution in [1.29, 1.82) is 0 Å². The summed E-state index contributed by atoms with van der Waals surface area (Å²) in [6, 6.07) is 2.71. The van der Waals surface area contributed by atoms with Crippen molar-refractivity contribution in [2.75, 3.05) is 22.5 Å². The first-order valence-electron chi connectivity index (χ1n) is 9.13. The monoisotopic (exact) mass is 363 g/mol. The molecule has 9 heteroatoms. The quantitative estimate of drug-likeness (QED) is 0.508. The number of nitrogens with two attached hydrogens (primary N) is 1. The lowest BCUT2D eigenvalue weighted by atomic mass is 10.1. The van der Waals surface area contributed by atoms with Gasteiger partial charge in [0.25, 0.3) is 0 Å². The summed E-state index contributed by atoms with van der Waals surface area (Å²) in [4.78, 5) is 23.2. The maximum absolute atomic E-state index is 5.63. The van der Waals surface area contributed by atoms with Crippen LogP contribution in [0.5, 0.6) is 0 Å². The molecule has 0 saturated carbocycles. The topological polar surface area (TPSA) is 113 Å². The number of hydrogen-bond donors (Lipinski definition) is 3. The summed E-state index contributed by atoms with van der Waals surface area (Å²) < 4.78 is 2.17. The van der Waals surface area contributed by atoms with Gasteiger partial charge in [-0.15, -0.1) is 0 Å². The fourth-order valence-corrected chi connectivity index (χ4v) is 3.94. The second kappa shape index (κ2) is 6.11. The smallest absolute Gasteiger partial charge is 0.211 e. The molecular formula is C18H21N9. The number of fused-ring (bicyclic) bond motifs is 3. The summed E-state index contributed by atoms with van der Waals surface area (Å²) in [5, 5.41) is 3.48. The molecule has 1 aliphatic heterocycles. The van der Waals surface area contributed by atoms with E-state index in [0.29, 0.717) is 11.9 Å². The fourth-order valence-electron chi connectivity index (χ4n) is 3.94. The van der Waals surface area contributed by atoms with Gasteiger partial charge in [0.15, 0.2) is 5.65 Å². The highest BCUT2D eigenvalue weighted by molar-refractivity contribution is 5.77. The molecule has 4 N–H and O–H groups in total. The summed E-state index contributed by atoms with van der Waals surface area (Å²) in [6.07, 6.45) is 11.0. The van der Waals surface area contributed by atoms with E-state index in [2.05, 4.69) is 41.5 Å². The van der Waals surface area contributed by atoms with Crippen LogP contribution in [0.4, 0.5) is 17.6 Å². The Hall–Kier alpha value is -3.36. The molecule has 4 aromatic rings. The summed E-state index contributed by atoms with van der Waals surface area (Å²) in [5.74, 6) is 2.13. The molecule has 138 valence electrons. The number of aromatic nitrogens is 6. The van der Waals surface area contributed by atoms with Crippen LogP contribution in [0.3, 0.4) is 0 Å². The molecule has 1 saturated heterocycles. The van der Waals surface area contributed by atoms with E-state index < -0.39 is 0 Å². The Morgan fingerprint density at radius 1 is 1.19 bits per heavy atom. The molecule has 9 nitrogen and oxygen atoms in total. The standard InChI is InChI=1S/C18H21N9/c1-2-12-5-11(25-16-9-21-15(19)8-22-16)10-26(12)18-24-7-13-6-23-17-14(27(13)18)3-4-20-17/h3-4,6-9,11-12,20H,2,5,10H2,1H3,(H2,19,21)(H,22,25)/t11-,12+/m0/s1. The lowest BCUT2D eigenvalue weighted by Gasteiger charge is -2.24. The highest BCUT2D eigenvalue weighted by Gasteiger charge is 2.33. The number of rotatable bonds is 4. The van der Waals surface area contributed by atoms with E-state index in [0.717, 1.165) is 47.8 Å². The van der Waals surface area contributed by atoms with Gasteiger partial charge in [-0.05, 0) is 18.9 Å². The summed E-state index contributed by atoms with van der Waals surface area (Å²) in [6.45, 7) is 3.06. The van der Waals surface area contributed by atoms with Gasteiger partial charge in [0.2, 0.25) is 5.95 Å². The Kier molecular flexibility index (Phi) is 3.59. The Balaban J connectivity index is 1.48. The Morgan fingerprint density at radius 3 is 2.89 bits per heavy atom. The van der Waals surface area contributed by atoms with Gasteiger partial charge in [0, 0.05) is 24.8 Å². The average molecular weight is 363 g/mol. The number of aromatic amines is 1. The largest absolute Gasteiger partial charge is 0.382 e. The molecule has 0 amide bonds. The molecule has 0 radical (unpaired) electrons. The van der Waals surface area contributed by atoms with Crippen LogP contribution < -0.4 is 16.0 Å². The molecule has 0 aliphatic carbocycles. The summed E-state index contributed by atoms with van der Waals surface area (Å²) >= 11 is 0. The van der Waals surface area contributed by atoms with Crippen molar-refractivity contribution in [2.45, 2.75) is 31.8 Å². The van der Waals surface area contributed by atoms with Crippen LogP contribution in [0.1, 0.15) is 19.8 Å². The second-order valence-electron chi connectivity index (χ2n) is 6.91. The third-order valence-electron chi connectivity index (χ3n) is 5.21. The molecule has 0 spiro atoms. The molecule has 1 fully saturated rings. The molecule has 4 aromatic heterocycles. The molecule has 1 aliphatic rings. The SMILES string of the molecule is CC[C@@H]1C[C@H](Nc2cnc(N)cn2)CN1c1ncc2cnc3[nH]ccc3n12. The first-order valence-corrected chi connectivity index (χ1v) is 9.13. The number of H-pyrrole nitrogens is 1. The highest BCUT2D eigenvalue weighted by Crippen LogP contribution is 2.30. The van der Waals surface area contributed by atoms with Crippen LogP contribution in [0.25, 0.3) is 16.7 Å². The minimum atomic E-state index is 0.267. The van der Waals surface area contributed by atoms with E-state index in [-0.39, 0.29) is 6.04 Å². The molecule has 0 unspecified atom stereocenters. The third-order valence-corrected chi connectivity index (χ3v) is 5.21. The first-order chi connectivity index (χ1) is 13.2. The number of hydrogen-bond acceptors (Lipinski definition) is 7.